The maximum absolute atomic E-state index is 14.0. The summed E-state index contributed by atoms with van der Waals surface area (Å²) in [6.45, 7) is -0.795. The zero-order chi connectivity index (χ0) is 15.3. The van der Waals surface area contributed by atoms with E-state index in [1.54, 1.807) is 30.3 Å². The van der Waals surface area contributed by atoms with Gasteiger partial charge in [-0.25, -0.2) is 0 Å². The minimum Gasteiger partial charge on any atom is -0.487 e. The van der Waals surface area contributed by atoms with Crippen molar-refractivity contribution in [2.24, 2.45) is 10.9 Å². The maximum Gasteiger partial charge on any atom is 0.306 e. The summed E-state index contributed by atoms with van der Waals surface area (Å²) in [5.74, 6) is -3.00. The lowest BCUT2D eigenvalue weighted by molar-refractivity contribution is -0.0467. The molecule has 0 heterocycles. The predicted molar refractivity (Wildman–Crippen MR) is 74.8 cm³/mol. The summed E-state index contributed by atoms with van der Waals surface area (Å²) in [7, 11) is 0. The third-order valence-corrected chi connectivity index (χ3v) is 2.85. The molecule has 0 spiro atoms. The topological polar surface area (TPSA) is 67.8 Å². The Morgan fingerprint density at radius 1 is 1.14 bits per heavy atom. The van der Waals surface area contributed by atoms with E-state index in [1.807, 2.05) is 0 Å². The van der Waals surface area contributed by atoms with Crippen LogP contribution in [-0.4, -0.2) is 17.6 Å². The van der Waals surface area contributed by atoms with Gasteiger partial charge in [0.15, 0.2) is 12.4 Å². The average Bonchev–Trinajstić information content (AvgIpc) is 2.53. The summed E-state index contributed by atoms with van der Waals surface area (Å²) in [6.07, 6.45) is 0. The second-order valence-corrected chi connectivity index (χ2v) is 4.37. The van der Waals surface area contributed by atoms with Crippen LogP contribution in [0.15, 0.2) is 59.8 Å². The molecule has 0 amide bonds. The van der Waals surface area contributed by atoms with E-state index in [1.165, 1.54) is 24.3 Å². The number of hydrogen-bond donors (Lipinski definition) is 2. The Morgan fingerprint density at radius 3 is 2.52 bits per heavy atom. The lowest BCUT2D eigenvalue weighted by Gasteiger charge is -2.17. The molecular weight excluding hydrogens is 278 g/mol. The van der Waals surface area contributed by atoms with Gasteiger partial charge in [0.25, 0.3) is 0 Å². The third-order valence-electron chi connectivity index (χ3n) is 2.85. The van der Waals surface area contributed by atoms with Gasteiger partial charge < -0.3 is 15.7 Å². The highest BCUT2D eigenvalue weighted by Gasteiger charge is 2.32. The number of alkyl halides is 2. The Labute approximate surface area is 120 Å². The van der Waals surface area contributed by atoms with Gasteiger partial charge in [0, 0.05) is 11.1 Å². The van der Waals surface area contributed by atoms with Crippen molar-refractivity contribution in [2.75, 3.05) is 6.61 Å². The van der Waals surface area contributed by atoms with Crippen LogP contribution in [0.1, 0.15) is 11.1 Å². The highest BCUT2D eigenvalue weighted by Crippen LogP contribution is 2.28. The largest absolute Gasteiger partial charge is 0.487 e. The van der Waals surface area contributed by atoms with Crippen molar-refractivity contribution < 1.29 is 18.7 Å². The summed E-state index contributed by atoms with van der Waals surface area (Å²) >= 11 is 0. The van der Waals surface area contributed by atoms with Crippen molar-refractivity contribution in [1.29, 1.82) is 0 Å². The molecule has 21 heavy (non-hydrogen) atoms. The number of nitrogens with two attached hydrogens (primary N) is 1. The molecule has 110 valence electrons. The molecule has 2 aromatic carbocycles. The molecule has 6 heteroatoms. The smallest absolute Gasteiger partial charge is 0.306 e. The fraction of sp³-hybridized carbons (Fsp3) is 0.133. The average molecular weight is 292 g/mol. The van der Waals surface area contributed by atoms with Gasteiger partial charge in [0.05, 0.1) is 0 Å². The molecular formula is C15H14F2N2O2. The number of hydrogen-bond acceptors (Lipinski definition) is 3. The van der Waals surface area contributed by atoms with Crippen molar-refractivity contribution in [2.45, 2.75) is 5.92 Å². The Kier molecular flexibility index (Phi) is 4.37. The number of amidine groups is 1. The zero-order valence-corrected chi connectivity index (χ0v) is 11.0. The van der Waals surface area contributed by atoms with Crippen LogP contribution in [0.3, 0.4) is 0 Å². The predicted octanol–water partition coefficient (Wildman–Crippen LogP) is 2.95. The Bertz CT molecular complexity index is 631. The van der Waals surface area contributed by atoms with Crippen molar-refractivity contribution >= 4 is 5.84 Å². The quantitative estimate of drug-likeness (QED) is 0.385. The van der Waals surface area contributed by atoms with Crippen LogP contribution < -0.4 is 10.5 Å². The molecule has 4 nitrogen and oxygen atoms in total. The highest BCUT2D eigenvalue weighted by molar-refractivity contribution is 5.97. The monoisotopic (exact) mass is 292 g/mol. The van der Waals surface area contributed by atoms with Gasteiger partial charge in [-0.05, 0) is 12.1 Å². The fourth-order valence-electron chi connectivity index (χ4n) is 1.74. The highest BCUT2D eigenvalue weighted by atomic mass is 19.3. The maximum atomic E-state index is 14.0. The normalized spacial score (nSPS) is 12.2. The first-order valence-electron chi connectivity index (χ1n) is 6.17. The summed E-state index contributed by atoms with van der Waals surface area (Å²) in [5, 5.41) is 11.4. The SMILES string of the molecule is N/C(=N/O)c1cccc(OCC(F)(F)c2ccccc2)c1. The number of oxime groups is 1. The minimum absolute atomic E-state index is 0.113. The van der Waals surface area contributed by atoms with Gasteiger partial charge in [-0.2, -0.15) is 8.78 Å². The summed E-state index contributed by atoms with van der Waals surface area (Å²) < 4.78 is 33.0. The Balaban J connectivity index is 2.09. The van der Waals surface area contributed by atoms with Gasteiger partial charge in [0.1, 0.15) is 5.75 Å². The lowest BCUT2D eigenvalue weighted by Crippen LogP contribution is -2.23. The van der Waals surface area contributed by atoms with E-state index in [2.05, 4.69) is 5.16 Å². The van der Waals surface area contributed by atoms with Gasteiger partial charge in [-0.15, -0.1) is 0 Å². The van der Waals surface area contributed by atoms with Gasteiger partial charge in [0.2, 0.25) is 0 Å². The van der Waals surface area contributed by atoms with E-state index in [4.69, 9.17) is 15.7 Å². The fourth-order valence-corrected chi connectivity index (χ4v) is 1.74. The number of nitrogens with zero attached hydrogens (tertiary/aromatic N) is 1. The van der Waals surface area contributed by atoms with E-state index >= 15 is 0 Å². The van der Waals surface area contributed by atoms with Crippen LogP contribution in [0.5, 0.6) is 5.75 Å². The summed E-state index contributed by atoms with van der Waals surface area (Å²) in [6, 6.07) is 13.5. The van der Waals surface area contributed by atoms with Crippen LogP contribution in [-0.2, 0) is 5.92 Å². The first-order chi connectivity index (χ1) is 10.0. The molecule has 0 saturated heterocycles. The lowest BCUT2D eigenvalue weighted by atomic mass is 10.1. The number of rotatable bonds is 5. The molecule has 2 rings (SSSR count). The molecule has 2 aromatic rings. The molecule has 0 bridgehead atoms. The standard InChI is InChI=1S/C15H14F2N2O2/c16-15(17,12-6-2-1-3-7-12)10-21-13-8-4-5-11(9-13)14(18)19-20/h1-9,20H,10H2,(H2,18,19). The van der Waals surface area contributed by atoms with Gasteiger partial charge >= 0.3 is 5.92 Å². The van der Waals surface area contributed by atoms with E-state index in [0.29, 0.717) is 5.56 Å². The van der Waals surface area contributed by atoms with Crippen molar-refractivity contribution in [1.82, 2.24) is 0 Å². The molecule has 0 aliphatic carbocycles. The van der Waals surface area contributed by atoms with Gasteiger partial charge in [-0.1, -0.05) is 47.6 Å². The van der Waals surface area contributed by atoms with Crippen LogP contribution in [0.4, 0.5) is 8.78 Å². The zero-order valence-electron chi connectivity index (χ0n) is 11.0. The third kappa shape index (κ3) is 3.68. The molecule has 0 aliphatic heterocycles. The van der Waals surface area contributed by atoms with Crippen LogP contribution >= 0.6 is 0 Å². The number of benzene rings is 2. The van der Waals surface area contributed by atoms with Crippen molar-refractivity contribution in [3.05, 3.63) is 65.7 Å². The molecule has 0 radical (unpaired) electrons. The van der Waals surface area contributed by atoms with E-state index in [-0.39, 0.29) is 17.1 Å². The number of ether oxygens (including phenoxy) is 1. The molecule has 0 fully saturated rings. The molecule has 0 unspecified atom stereocenters. The first-order valence-corrected chi connectivity index (χ1v) is 6.17. The minimum atomic E-state index is -3.10. The summed E-state index contributed by atoms with van der Waals surface area (Å²) in [5.41, 5.74) is 5.71. The second-order valence-electron chi connectivity index (χ2n) is 4.37. The summed E-state index contributed by atoms with van der Waals surface area (Å²) in [4.78, 5) is 0. The molecule has 0 saturated carbocycles. The van der Waals surface area contributed by atoms with E-state index < -0.39 is 12.5 Å². The molecule has 3 N–H and O–H groups in total. The molecule has 0 aromatic heterocycles. The first kappa shape index (κ1) is 14.8. The number of halogens is 2. The Hall–Kier alpha value is -2.63. The van der Waals surface area contributed by atoms with Crippen LogP contribution in [0, 0.1) is 0 Å². The van der Waals surface area contributed by atoms with E-state index in [0.717, 1.165) is 0 Å². The van der Waals surface area contributed by atoms with Crippen LogP contribution in [0.2, 0.25) is 0 Å². The van der Waals surface area contributed by atoms with Crippen LogP contribution in [0.25, 0.3) is 0 Å². The van der Waals surface area contributed by atoms with Gasteiger partial charge in [-0.3, -0.25) is 0 Å². The van der Waals surface area contributed by atoms with Crippen molar-refractivity contribution in [3.8, 4) is 5.75 Å². The molecule has 0 atom stereocenters. The Morgan fingerprint density at radius 2 is 1.86 bits per heavy atom. The second kappa shape index (κ2) is 6.21. The molecule has 0 aliphatic rings. The van der Waals surface area contributed by atoms with Crippen molar-refractivity contribution in [3.63, 3.8) is 0 Å². The van der Waals surface area contributed by atoms with E-state index in [9.17, 15) is 8.78 Å².